The third-order valence-corrected chi connectivity index (χ3v) is 2.15. The lowest BCUT2D eigenvalue weighted by molar-refractivity contribution is -0.143. The predicted molar refractivity (Wildman–Crippen MR) is 61.9 cm³/mol. The normalized spacial score (nSPS) is 11.0. The van der Waals surface area contributed by atoms with Crippen molar-refractivity contribution in [2.24, 2.45) is 5.41 Å². The van der Waals surface area contributed by atoms with Crippen molar-refractivity contribution in [2.45, 2.75) is 20.8 Å². The number of carbonyl (C=O) groups excluding carboxylic acids is 2. The molecule has 3 nitrogen and oxygen atoms in total. The highest BCUT2D eigenvalue weighted by Crippen LogP contribution is 2.24. The molecule has 0 fully saturated rings. The van der Waals surface area contributed by atoms with E-state index in [0.29, 0.717) is 11.3 Å². The summed E-state index contributed by atoms with van der Waals surface area (Å²) in [4.78, 5) is 22.4. The maximum absolute atomic E-state index is 11.6. The van der Waals surface area contributed by atoms with E-state index in [4.69, 9.17) is 16.3 Å². The Balaban J connectivity index is 2.98. The van der Waals surface area contributed by atoms with Crippen LogP contribution in [-0.4, -0.2) is 12.3 Å². The molecule has 0 bridgehead atoms. The van der Waals surface area contributed by atoms with Crippen LogP contribution < -0.4 is 4.74 Å². The van der Waals surface area contributed by atoms with Gasteiger partial charge in [-0.05, 0) is 39.0 Å². The zero-order valence-corrected chi connectivity index (χ0v) is 10.2. The first kappa shape index (κ1) is 12.7. The van der Waals surface area contributed by atoms with E-state index >= 15 is 0 Å². The van der Waals surface area contributed by atoms with Gasteiger partial charge in [0.2, 0.25) is 0 Å². The first-order valence-corrected chi connectivity index (χ1v) is 5.19. The molecule has 0 spiro atoms. The van der Waals surface area contributed by atoms with Crippen LogP contribution in [0.1, 0.15) is 31.1 Å². The summed E-state index contributed by atoms with van der Waals surface area (Å²) in [6.45, 7) is 5.23. The summed E-state index contributed by atoms with van der Waals surface area (Å²) in [6, 6.07) is 4.54. The summed E-state index contributed by atoms with van der Waals surface area (Å²) in [5.41, 5.74) is -0.343. The van der Waals surface area contributed by atoms with Crippen LogP contribution in [0.2, 0.25) is 5.02 Å². The Morgan fingerprint density at radius 1 is 1.38 bits per heavy atom. The van der Waals surface area contributed by atoms with E-state index < -0.39 is 11.4 Å². The Kier molecular flexibility index (Phi) is 3.70. The largest absolute Gasteiger partial charge is 0.425 e. The summed E-state index contributed by atoms with van der Waals surface area (Å²) >= 11 is 5.72. The molecule has 4 heteroatoms. The van der Waals surface area contributed by atoms with Gasteiger partial charge in [0.25, 0.3) is 0 Å². The molecule has 0 aliphatic carbocycles. The molecule has 86 valence electrons. The number of ether oxygens (including phenoxy) is 1. The first-order valence-electron chi connectivity index (χ1n) is 4.81. The molecule has 0 saturated carbocycles. The number of benzene rings is 1. The minimum absolute atomic E-state index is 0.235. The second-order valence-corrected chi connectivity index (χ2v) is 4.88. The molecule has 1 aromatic rings. The van der Waals surface area contributed by atoms with Crippen LogP contribution in [0.5, 0.6) is 5.75 Å². The zero-order valence-electron chi connectivity index (χ0n) is 9.41. The van der Waals surface area contributed by atoms with Crippen LogP contribution >= 0.6 is 11.6 Å². The number of halogens is 1. The SMILES string of the molecule is CC(C)(C)C(=O)Oc1ccc(Cl)cc1C=O. The number of carbonyl (C=O) groups is 2. The molecule has 0 N–H and O–H groups in total. The molecular formula is C12H13ClO3. The van der Waals surface area contributed by atoms with Gasteiger partial charge in [-0.3, -0.25) is 9.59 Å². The van der Waals surface area contributed by atoms with E-state index in [1.165, 1.54) is 12.1 Å². The molecule has 1 aromatic carbocycles. The summed E-state index contributed by atoms with van der Waals surface area (Å²) in [6.07, 6.45) is 0.608. The Hall–Kier alpha value is -1.35. The number of hydrogen-bond donors (Lipinski definition) is 0. The fraction of sp³-hybridized carbons (Fsp3) is 0.333. The first-order chi connectivity index (χ1) is 7.34. The molecule has 16 heavy (non-hydrogen) atoms. The molecule has 0 amide bonds. The van der Waals surface area contributed by atoms with E-state index in [0.717, 1.165) is 0 Å². The molecule has 0 unspecified atom stereocenters. The quantitative estimate of drug-likeness (QED) is 0.453. The van der Waals surface area contributed by atoms with Crippen molar-refractivity contribution in [3.05, 3.63) is 28.8 Å². The van der Waals surface area contributed by atoms with Crippen LogP contribution in [0.15, 0.2) is 18.2 Å². The van der Waals surface area contributed by atoms with E-state index in [2.05, 4.69) is 0 Å². The van der Waals surface area contributed by atoms with E-state index in [-0.39, 0.29) is 11.3 Å². The Bertz CT molecular complexity index is 419. The van der Waals surface area contributed by atoms with Crippen LogP contribution in [0.3, 0.4) is 0 Å². The lowest BCUT2D eigenvalue weighted by Crippen LogP contribution is -2.25. The van der Waals surface area contributed by atoms with Gasteiger partial charge in [-0.25, -0.2) is 0 Å². The topological polar surface area (TPSA) is 43.4 Å². The van der Waals surface area contributed by atoms with Gasteiger partial charge in [-0.1, -0.05) is 11.6 Å². The number of hydrogen-bond acceptors (Lipinski definition) is 3. The van der Waals surface area contributed by atoms with Crippen molar-refractivity contribution in [1.82, 2.24) is 0 Å². The third kappa shape index (κ3) is 3.07. The van der Waals surface area contributed by atoms with E-state index in [1.807, 2.05) is 0 Å². The molecule has 1 rings (SSSR count). The monoisotopic (exact) mass is 240 g/mol. The highest BCUT2D eigenvalue weighted by Gasteiger charge is 2.24. The van der Waals surface area contributed by atoms with Gasteiger partial charge in [-0.15, -0.1) is 0 Å². The van der Waals surface area contributed by atoms with Gasteiger partial charge in [0.15, 0.2) is 6.29 Å². The van der Waals surface area contributed by atoms with Gasteiger partial charge in [0.05, 0.1) is 11.0 Å². The standard InChI is InChI=1S/C12H13ClO3/c1-12(2,3)11(15)16-10-5-4-9(13)6-8(10)7-14/h4-7H,1-3H3. The van der Waals surface area contributed by atoms with Crippen molar-refractivity contribution in [3.8, 4) is 5.75 Å². The second kappa shape index (κ2) is 4.66. The minimum Gasteiger partial charge on any atom is -0.425 e. The minimum atomic E-state index is -0.611. The Morgan fingerprint density at radius 2 is 2.00 bits per heavy atom. The molecular weight excluding hydrogens is 228 g/mol. The lowest BCUT2D eigenvalue weighted by atomic mass is 9.97. The second-order valence-electron chi connectivity index (χ2n) is 4.44. The Morgan fingerprint density at radius 3 is 2.50 bits per heavy atom. The average Bonchev–Trinajstić information content (AvgIpc) is 2.19. The number of aldehydes is 1. The van der Waals surface area contributed by atoms with E-state index in [1.54, 1.807) is 26.8 Å². The highest BCUT2D eigenvalue weighted by molar-refractivity contribution is 6.30. The lowest BCUT2D eigenvalue weighted by Gasteiger charge is -2.17. The van der Waals surface area contributed by atoms with Crippen LogP contribution in [0.25, 0.3) is 0 Å². The maximum Gasteiger partial charge on any atom is 0.316 e. The molecule has 0 aliphatic heterocycles. The van der Waals surface area contributed by atoms with Crippen molar-refractivity contribution >= 4 is 23.9 Å². The smallest absolute Gasteiger partial charge is 0.316 e. The van der Waals surface area contributed by atoms with Crippen LogP contribution in [0, 0.1) is 5.41 Å². The van der Waals surface area contributed by atoms with Crippen LogP contribution in [-0.2, 0) is 4.79 Å². The predicted octanol–water partition coefficient (Wildman–Crippen LogP) is 3.10. The fourth-order valence-corrected chi connectivity index (χ4v) is 1.14. The zero-order chi connectivity index (χ0) is 12.3. The summed E-state index contributed by atoms with van der Waals surface area (Å²) in [7, 11) is 0. The van der Waals surface area contributed by atoms with Crippen molar-refractivity contribution in [3.63, 3.8) is 0 Å². The Labute approximate surface area is 99.4 Å². The number of rotatable bonds is 2. The highest BCUT2D eigenvalue weighted by atomic mass is 35.5. The van der Waals surface area contributed by atoms with Crippen LogP contribution in [0.4, 0.5) is 0 Å². The molecule has 0 aromatic heterocycles. The summed E-state index contributed by atoms with van der Waals surface area (Å²) < 4.78 is 5.13. The van der Waals surface area contributed by atoms with Crippen molar-refractivity contribution in [1.29, 1.82) is 0 Å². The molecule has 0 aliphatic rings. The maximum atomic E-state index is 11.6. The third-order valence-electron chi connectivity index (χ3n) is 1.91. The van der Waals surface area contributed by atoms with Gasteiger partial charge >= 0.3 is 5.97 Å². The molecule has 0 radical (unpaired) electrons. The number of esters is 1. The van der Waals surface area contributed by atoms with Crippen molar-refractivity contribution < 1.29 is 14.3 Å². The molecule has 0 atom stereocenters. The molecule has 0 heterocycles. The molecule has 0 saturated heterocycles. The average molecular weight is 241 g/mol. The fourth-order valence-electron chi connectivity index (χ4n) is 0.957. The van der Waals surface area contributed by atoms with Gasteiger partial charge < -0.3 is 4.74 Å². The van der Waals surface area contributed by atoms with E-state index in [9.17, 15) is 9.59 Å². The van der Waals surface area contributed by atoms with Gasteiger partial charge in [0, 0.05) is 5.02 Å². The summed E-state index contributed by atoms with van der Waals surface area (Å²) in [5, 5.41) is 0.428. The van der Waals surface area contributed by atoms with Crippen molar-refractivity contribution in [2.75, 3.05) is 0 Å². The summed E-state index contributed by atoms with van der Waals surface area (Å²) in [5.74, 6) is -0.155. The van der Waals surface area contributed by atoms with Gasteiger partial charge in [-0.2, -0.15) is 0 Å². The van der Waals surface area contributed by atoms with Gasteiger partial charge in [0.1, 0.15) is 5.75 Å².